The van der Waals surface area contributed by atoms with Gasteiger partial charge in [-0.05, 0) is 44.4 Å². The largest absolute Gasteiger partial charge is 0.377 e. The van der Waals surface area contributed by atoms with E-state index in [9.17, 15) is 0 Å². The van der Waals surface area contributed by atoms with Crippen LogP contribution in [0.15, 0.2) is 30.5 Å². The molecule has 2 aromatic rings. The molecule has 1 aromatic carbocycles. The number of aryl methyl sites for hydroxylation is 1. The summed E-state index contributed by atoms with van der Waals surface area (Å²) in [7, 11) is 0. The molecule has 0 spiro atoms. The van der Waals surface area contributed by atoms with Crippen LogP contribution in [0.4, 0.5) is 0 Å². The first-order valence-electron chi connectivity index (χ1n) is 5.84. The lowest BCUT2D eigenvalue weighted by Crippen LogP contribution is -2.09. The molecule has 1 heterocycles. The zero-order chi connectivity index (χ0) is 11.5. The molecule has 1 aromatic heterocycles. The highest BCUT2D eigenvalue weighted by molar-refractivity contribution is 5.80. The van der Waals surface area contributed by atoms with Crippen molar-refractivity contribution in [1.82, 2.24) is 4.57 Å². The van der Waals surface area contributed by atoms with Crippen LogP contribution in [0.1, 0.15) is 19.4 Å². The molecule has 0 unspecified atom stereocenters. The van der Waals surface area contributed by atoms with E-state index < -0.39 is 0 Å². The van der Waals surface area contributed by atoms with Crippen LogP contribution in [0, 0.1) is 6.92 Å². The molecule has 0 aliphatic heterocycles. The lowest BCUT2D eigenvalue weighted by atomic mass is 10.2. The quantitative estimate of drug-likeness (QED) is 0.765. The first kappa shape index (κ1) is 11.2. The number of rotatable bonds is 4. The summed E-state index contributed by atoms with van der Waals surface area (Å²) in [6.45, 7) is 7.95. The normalized spacial score (nSPS) is 11.5. The Morgan fingerprint density at radius 3 is 2.81 bits per heavy atom. The fourth-order valence-corrected chi connectivity index (χ4v) is 1.90. The summed E-state index contributed by atoms with van der Waals surface area (Å²) in [6, 6.07) is 8.72. The Kier molecular flexibility index (Phi) is 3.30. The third kappa shape index (κ3) is 2.45. The van der Waals surface area contributed by atoms with E-state index in [1.807, 2.05) is 0 Å². The molecule has 0 radical (unpaired) electrons. The monoisotopic (exact) mass is 217 g/mol. The van der Waals surface area contributed by atoms with Gasteiger partial charge in [-0.3, -0.25) is 0 Å². The van der Waals surface area contributed by atoms with Gasteiger partial charge in [-0.25, -0.2) is 0 Å². The zero-order valence-electron chi connectivity index (χ0n) is 10.2. The van der Waals surface area contributed by atoms with Crippen molar-refractivity contribution in [2.24, 2.45) is 0 Å². The molecule has 16 heavy (non-hydrogen) atoms. The predicted octanol–water partition coefficient (Wildman–Crippen LogP) is 3.37. The lowest BCUT2D eigenvalue weighted by Gasteiger charge is -2.09. The Balaban J connectivity index is 2.13. The fraction of sp³-hybridized carbons (Fsp3) is 0.429. The van der Waals surface area contributed by atoms with E-state index >= 15 is 0 Å². The molecule has 0 N–H and O–H groups in total. The molecule has 0 fully saturated rings. The summed E-state index contributed by atoms with van der Waals surface area (Å²) in [4.78, 5) is 0. The smallest absolute Gasteiger partial charge is 0.0649 e. The number of fused-ring (bicyclic) bond motifs is 1. The van der Waals surface area contributed by atoms with Gasteiger partial charge in [0.2, 0.25) is 0 Å². The molecule has 2 nitrogen and oxygen atoms in total. The van der Waals surface area contributed by atoms with Gasteiger partial charge in [0.25, 0.3) is 0 Å². The van der Waals surface area contributed by atoms with Gasteiger partial charge in [-0.2, -0.15) is 0 Å². The van der Waals surface area contributed by atoms with Gasteiger partial charge in [0.05, 0.1) is 12.7 Å². The van der Waals surface area contributed by atoms with Crippen LogP contribution in [0.25, 0.3) is 10.9 Å². The average Bonchev–Trinajstić information content (AvgIpc) is 2.60. The second-order valence-electron chi connectivity index (χ2n) is 4.49. The molecule has 0 bridgehead atoms. The molecule has 0 aliphatic rings. The summed E-state index contributed by atoms with van der Waals surface area (Å²) < 4.78 is 7.81. The first-order chi connectivity index (χ1) is 7.66. The number of hydrogen-bond acceptors (Lipinski definition) is 1. The van der Waals surface area contributed by atoms with Crippen molar-refractivity contribution in [3.8, 4) is 0 Å². The third-order valence-electron chi connectivity index (χ3n) is 2.71. The summed E-state index contributed by atoms with van der Waals surface area (Å²) in [5.74, 6) is 0. The molecule has 2 rings (SSSR count). The van der Waals surface area contributed by atoms with Gasteiger partial charge in [0.1, 0.15) is 0 Å². The number of nitrogens with zero attached hydrogens (tertiary/aromatic N) is 1. The maximum atomic E-state index is 5.57. The predicted molar refractivity (Wildman–Crippen MR) is 67.8 cm³/mol. The SMILES string of the molecule is Cc1ccc2c(ccn2CCOC(C)C)c1. The molecule has 86 valence electrons. The van der Waals surface area contributed by atoms with E-state index in [1.165, 1.54) is 16.5 Å². The third-order valence-corrected chi connectivity index (χ3v) is 2.71. The second kappa shape index (κ2) is 4.71. The van der Waals surface area contributed by atoms with Crippen LogP contribution in [-0.2, 0) is 11.3 Å². The maximum Gasteiger partial charge on any atom is 0.0649 e. The molecule has 0 saturated heterocycles. The maximum absolute atomic E-state index is 5.57. The second-order valence-corrected chi connectivity index (χ2v) is 4.49. The number of hydrogen-bond donors (Lipinski definition) is 0. The van der Waals surface area contributed by atoms with Crippen molar-refractivity contribution < 1.29 is 4.74 Å². The highest BCUT2D eigenvalue weighted by atomic mass is 16.5. The Morgan fingerprint density at radius 2 is 2.06 bits per heavy atom. The minimum Gasteiger partial charge on any atom is -0.377 e. The minimum atomic E-state index is 0.309. The fourth-order valence-electron chi connectivity index (χ4n) is 1.90. The molecule has 0 aliphatic carbocycles. The van der Waals surface area contributed by atoms with Gasteiger partial charge < -0.3 is 9.30 Å². The van der Waals surface area contributed by atoms with Crippen molar-refractivity contribution in [2.75, 3.05) is 6.61 Å². The molecular formula is C14H19NO. The van der Waals surface area contributed by atoms with Crippen molar-refractivity contribution in [1.29, 1.82) is 0 Å². The van der Waals surface area contributed by atoms with Gasteiger partial charge in [0, 0.05) is 18.3 Å². The Bertz CT molecular complexity index is 471. The lowest BCUT2D eigenvalue weighted by molar-refractivity contribution is 0.0733. The Labute approximate surface area is 96.8 Å². The van der Waals surface area contributed by atoms with Crippen LogP contribution in [-0.4, -0.2) is 17.3 Å². The van der Waals surface area contributed by atoms with Crippen LogP contribution in [0.2, 0.25) is 0 Å². The highest BCUT2D eigenvalue weighted by Crippen LogP contribution is 2.17. The summed E-state index contributed by atoms with van der Waals surface area (Å²) in [5, 5.41) is 1.31. The van der Waals surface area contributed by atoms with Crippen molar-refractivity contribution >= 4 is 10.9 Å². The van der Waals surface area contributed by atoms with Crippen LogP contribution in [0.3, 0.4) is 0 Å². The Hall–Kier alpha value is -1.28. The van der Waals surface area contributed by atoms with E-state index in [2.05, 4.69) is 55.8 Å². The van der Waals surface area contributed by atoms with Gasteiger partial charge in [0.15, 0.2) is 0 Å². The van der Waals surface area contributed by atoms with Crippen LogP contribution < -0.4 is 0 Å². The van der Waals surface area contributed by atoms with Gasteiger partial charge >= 0.3 is 0 Å². The Morgan fingerprint density at radius 1 is 1.25 bits per heavy atom. The summed E-state index contributed by atoms with van der Waals surface area (Å²) >= 11 is 0. The molecule has 0 amide bonds. The van der Waals surface area contributed by atoms with Gasteiger partial charge in [-0.15, -0.1) is 0 Å². The number of ether oxygens (including phenoxy) is 1. The highest BCUT2D eigenvalue weighted by Gasteiger charge is 2.01. The molecule has 2 heteroatoms. The van der Waals surface area contributed by atoms with Crippen molar-refractivity contribution in [3.63, 3.8) is 0 Å². The number of benzene rings is 1. The zero-order valence-corrected chi connectivity index (χ0v) is 10.2. The topological polar surface area (TPSA) is 14.2 Å². The summed E-state index contributed by atoms with van der Waals surface area (Å²) in [5.41, 5.74) is 2.60. The van der Waals surface area contributed by atoms with E-state index in [-0.39, 0.29) is 0 Å². The number of aromatic nitrogens is 1. The molecule has 0 atom stereocenters. The van der Waals surface area contributed by atoms with Crippen molar-refractivity contribution in [3.05, 3.63) is 36.0 Å². The van der Waals surface area contributed by atoms with Gasteiger partial charge in [-0.1, -0.05) is 11.6 Å². The average molecular weight is 217 g/mol. The van der Waals surface area contributed by atoms with Crippen LogP contribution in [0.5, 0.6) is 0 Å². The van der Waals surface area contributed by atoms with E-state index in [0.717, 1.165) is 13.2 Å². The van der Waals surface area contributed by atoms with Crippen LogP contribution >= 0.6 is 0 Å². The molecular weight excluding hydrogens is 198 g/mol. The van der Waals surface area contributed by atoms with E-state index in [0.29, 0.717) is 6.10 Å². The van der Waals surface area contributed by atoms with Crippen molar-refractivity contribution in [2.45, 2.75) is 33.4 Å². The van der Waals surface area contributed by atoms with E-state index in [4.69, 9.17) is 4.74 Å². The standard InChI is InChI=1S/C14H19NO/c1-11(2)16-9-8-15-7-6-13-10-12(3)4-5-14(13)15/h4-7,10-11H,8-9H2,1-3H3. The first-order valence-corrected chi connectivity index (χ1v) is 5.84. The molecule has 0 saturated carbocycles. The minimum absolute atomic E-state index is 0.309. The summed E-state index contributed by atoms with van der Waals surface area (Å²) in [6.07, 6.45) is 2.44. The van der Waals surface area contributed by atoms with E-state index in [1.54, 1.807) is 0 Å².